The SMILES string of the molecule is Cc1ccc(-c2cc(C(=O)NN=C/C(Br)=C/c3ccccc3)n[nH]2)o1. The minimum absolute atomic E-state index is 0.226. The summed E-state index contributed by atoms with van der Waals surface area (Å²) in [5.74, 6) is 0.999. The zero-order valence-electron chi connectivity index (χ0n) is 13.4. The molecule has 126 valence electrons. The summed E-state index contributed by atoms with van der Waals surface area (Å²) in [6, 6.07) is 15.0. The van der Waals surface area contributed by atoms with E-state index in [9.17, 15) is 4.79 Å². The van der Waals surface area contributed by atoms with Crippen molar-refractivity contribution in [3.63, 3.8) is 0 Å². The molecule has 0 aliphatic heterocycles. The Morgan fingerprint density at radius 3 is 2.80 bits per heavy atom. The van der Waals surface area contributed by atoms with Crippen LogP contribution in [0.2, 0.25) is 0 Å². The molecule has 0 saturated carbocycles. The number of aromatic nitrogens is 2. The largest absolute Gasteiger partial charge is 0.460 e. The third-order valence-corrected chi connectivity index (χ3v) is 3.71. The van der Waals surface area contributed by atoms with Gasteiger partial charge in [0.1, 0.15) is 11.5 Å². The highest BCUT2D eigenvalue weighted by atomic mass is 79.9. The number of carbonyl (C=O) groups is 1. The van der Waals surface area contributed by atoms with Gasteiger partial charge in [-0.2, -0.15) is 10.2 Å². The van der Waals surface area contributed by atoms with Crippen LogP contribution in [0, 0.1) is 6.92 Å². The number of aromatic amines is 1. The number of nitrogens with one attached hydrogen (secondary N) is 2. The lowest BCUT2D eigenvalue weighted by Crippen LogP contribution is -2.17. The fraction of sp³-hybridized carbons (Fsp3) is 0.0556. The zero-order valence-corrected chi connectivity index (χ0v) is 14.9. The Morgan fingerprint density at radius 1 is 1.28 bits per heavy atom. The number of aryl methyl sites for hydroxylation is 1. The second-order valence-corrected chi connectivity index (χ2v) is 6.13. The Balaban J connectivity index is 1.61. The number of hydrogen-bond donors (Lipinski definition) is 2. The molecule has 3 aromatic rings. The summed E-state index contributed by atoms with van der Waals surface area (Å²) in [5, 5.41) is 10.7. The monoisotopic (exact) mass is 398 g/mol. The molecule has 0 spiro atoms. The molecule has 6 nitrogen and oxygen atoms in total. The molecule has 2 heterocycles. The zero-order chi connectivity index (χ0) is 17.6. The second-order valence-electron chi connectivity index (χ2n) is 5.22. The Kier molecular flexibility index (Phi) is 5.25. The van der Waals surface area contributed by atoms with Gasteiger partial charge in [-0.1, -0.05) is 30.3 Å². The lowest BCUT2D eigenvalue weighted by atomic mass is 10.2. The molecule has 25 heavy (non-hydrogen) atoms. The first-order chi connectivity index (χ1) is 12.1. The summed E-state index contributed by atoms with van der Waals surface area (Å²) in [4.78, 5) is 12.1. The maximum absolute atomic E-state index is 12.1. The van der Waals surface area contributed by atoms with Crippen LogP contribution in [0.25, 0.3) is 17.5 Å². The molecule has 0 aliphatic carbocycles. The molecule has 0 fully saturated rings. The summed E-state index contributed by atoms with van der Waals surface area (Å²) in [6.45, 7) is 1.85. The van der Waals surface area contributed by atoms with Crippen LogP contribution in [0.5, 0.6) is 0 Å². The predicted octanol–water partition coefficient (Wildman–Crippen LogP) is 4.13. The molecule has 0 saturated heterocycles. The van der Waals surface area contributed by atoms with E-state index in [1.165, 1.54) is 6.21 Å². The second kappa shape index (κ2) is 7.76. The van der Waals surface area contributed by atoms with Gasteiger partial charge in [-0.15, -0.1) is 0 Å². The molecule has 3 rings (SSSR count). The van der Waals surface area contributed by atoms with E-state index >= 15 is 0 Å². The quantitative estimate of drug-likeness (QED) is 0.500. The van der Waals surface area contributed by atoms with Gasteiger partial charge in [0.25, 0.3) is 5.91 Å². The number of allylic oxidation sites excluding steroid dienone is 1. The summed E-state index contributed by atoms with van der Waals surface area (Å²) in [5.41, 5.74) is 4.32. The molecular weight excluding hydrogens is 384 g/mol. The van der Waals surface area contributed by atoms with Crippen LogP contribution < -0.4 is 5.43 Å². The molecule has 0 unspecified atom stereocenters. The molecule has 2 aromatic heterocycles. The average Bonchev–Trinajstić information content (AvgIpc) is 3.24. The third kappa shape index (κ3) is 4.54. The van der Waals surface area contributed by atoms with Gasteiger partial charge >= 0.3 is 0 Å². The first-order valence-electron chi connectivity index (χ1n) is 7.50. The standard InChI is InChI=1S/C18H15BrN4O2/c1-12-7-8-17(25-12)15-10-16(22-21-15)18(24)23-20-11-14(19)9-13-5-3-2-4-6-13/h2-11H,1H3,(H,21,22)(H,23,24)/b14-9-,20-11?. The van der Waals surface area contributed by atoms with Gasteiger partial charge in [0.2, 0.25) is 0 Å². The number of hydrogen-bond acceptors (Lipinski definition) is 4. The number of amides is 1. The number of nitrogens with zero attached hydrogens (tertiary/aromatic N) is 2. The smallest absolute Gasteiger partial charge is 0.291 e. The van der Waals surface area contributed by atoms with E-state index in [0.29, 0.717) is 11.5 Å². The number of carbonyl (C=O) groups excluding carboxylic acids is 1. The molecule has 1 amide bonds. The van der Waals surface area contributed by atoms with Crippen LogP contribution in [0.3, 0.4) is 0 Å². The van der Waals surface area contributed by atoms with Gasteiger partial charge in [-0.25, -0.2) is 5.43 Å². The Morgan fingerprint density at radius 2 is 2.08 bits per heavy atom. The lowest BCUT2D eigenvalue weighted by molar-refractivity contribution is 0.0950. The van der Waals surface area contributed by atoms with Gasteiger partial charge in [0.05, 0.1) is 6.21 Å². The van der Waals surface area contributed by atoms with Crippen LogP contribution in [0.1, 0.15) is 21.8 Å². The average molecular weight is 399 g/mol. The highest BCUT2D eigenvalue weighted by Crippen LogP contribution is 2.20. The molecule has 0 radical (unpaired) electrons. The maximum atomic E-state index is 12.1. The van der Waals surface area contributed by atoms with Crippen LogP contribution in [0.15, 0.2) is 62.5 Å². The minimum Gasteiger partial charge on any atom is -0.460 e. The normalized spacial score (nSPS) is 11.8. The van der Waals surface area contributed by atoms with E-state index in [1.807, 2.05) is 55.5 Å². The van der Waals surface area contributed by atoms with E-state index in [0.717, 1.165) is 15.8 Å². The lowest BCUT2D eigenvalue weighted by Gasteiger charge is -1.95. The Bertz CT molecular complexity index is 925. The highest BCUT2D eigenvalue weighted by molar-refractivity contribution is 9.12. The highest BCUT2D eigenvalue weighted by Gasteiger charge is 2.12. The van der Waals surface area contributed by atoms with Crippen molar-refractivity contribution in [2.75, 3.05) is 0 Å². The Hall–Kier alpha value is -2.93. The van der Waals surface area contributed by atoms with Crippen molar-refractivity contribution in [1.29, 1.82) is 0 Å². The van der Waals surface area contributed by atoms with Crippen molar-refractivity contribution in [1.82, 2.24) is 15.6 Å². The number of hydrazone groups is 1. The summed E-state index contributed by atoms with van der Waals surface area (Å²) >= 11 is 3.38. The van der Waals surface area contributed by atoms with E-state index in [4.69, 9.17) is 4.42 Å². The third-order valence-electron chi connectivity index (χ3n) is 3.27. The Labute approximate surface area is 152 Å². The molecular formula is C18H15BrN4O2. The number of benzene rings is 1. The molecule has 0 aliphatic rings. The summed E-state index contributed by atoms with van der Waals surface area (Å²) in [6.07, 6.45) is 3.40. The molecule has 0 bridgehead atoms. The van der Waals surface area contributed by atoms with Gasteiger partial charge in [0, 0.05) is 10.5 Å². The minimum atomic E-state index is -0.415. The summed E-state index contributed by atoms with van der Waals surface area (Å²) in [7, 11) is 0. The van der Waals surface area contributed by atoms with E-state index in [-0.39, 0.29) is 5.69 Å². The van der Waals surface area contributed by atoms with Gasteiger partial charge in [-0.3, -0.25) is 9.89 Å². The molecule has 2 N–H and O–H groups in total. The fourth-order valence-corrected chi connectivity index (χ4v) is 2.47. The van der Waals surface area contributed by atoms with Gasteiger partial charge in [-0.05, 0) is 46.6 Å². The fourth-order valence-electron chi connectivity index (χ4n) is 2.10. The van der Waals surface area contributed by atoms with E-state index in [2.05, 4.69) is 36.7 Å². The van der Waals surface area contributed by atoms with Crippen molar-refractivity contribution in [2.24, 2.45) is 5.10 Å². The van der Waals surface area contributed by atoms with Crippen LogP contribution in [-0.2, 0) is 0 Å². The van der Waals surface area contributed by atoms with Crippen LogP contribution in [-0.4, -0.2) is 22.3 Å². The molecule has 7 heteroatoms. The number of H-pyrrole nitrogens is 1. The maximum Gasteiger partial charge on any atom is 0.291 e. The van der Waals surface area contributed by atoms with Gasteiger partial charge in [0.15, 0.2) is 11.5 Å². The first-order valence-corrected chi connectivity index (χ1v) is 8.29. The van der Waals surface area contributed by atoms with Crippen molar-refractivity contribution >= 4 is 34.1 Å². The number of rotatable bonds is 5. The van der Waals surface area contributed by atoms with E-state index < -0.39 is 5.91 Å². The van der Waals surface area contributed by atoms with Gasteiger partial charge < -0.3 is 4.42 Å². The predicted molar refractivity (Wildman–Crippen MR) is 100 cm³/mol. The topological polar surface area (TPSA) is 83.3 Å². The van der Waals surface area contributed by atoms with Crippen molar-refractivity contribution in [3.05, 3.63) is 70.0 Å². The van der Waals surface area contributed by atoms with Crippen molar-refractivity contribution < 1.29 is 9.21 Å². The summed E-state index contributed by atoms with van der Waals surface area (Å²) < 4.78 is 6.21. The number of halogens is 1. The van der Waals surface area contributed by atoms with Crippen molar-refractivity contribution in [2.45, 2.75) is 6.92 Å². The molecule has 1 aromatic carbocycles. The van der Waals surface area contributed by atoms with E-state index in [1.54, 1.807) is 6.07 Å². The van der Waals surface area contributed by atoms with Crippen LogP contribution in [0.4, 0.5) is 0 Å². The molecule has 0 atom stereocenters. The van der Waals surface area contributed by atoms with Crippen LogP contribution >= 0.6 is 15.9 Å². The number of furan rings is 1. The van der Waals surface area contributed by atoms with Crippen molar-refractivity contribution in [3.8, 4) is 11.5 Å². The first kappa shape index (κ1) is 16.9.